The molecule has 4 rings (SSSR count). The summed E-state index contributed by atoms with van der Waals surface area (Å²) >= 11 is 6.05. The first-order chi connectivity index (χ1) is 13.0. The number of nitrogens with zero attached hydrogens (tertiary/aromatic N) is 2. The Kier molecular flexibility index (Phi) is 4.56. The lowest BCUT2D eigenvalue weighted by molar-refractivity contribution is 0.0589. The molecule has 0 aliphatic carbocycles. The standard InChI is InChI=1S/C21H22ClN3O2/c1-13-11-15(7-9-17(13)22)23-20(26)14-6-8-16-18(12-14)24(2)19-5-3-4-10-25(19)21(16)27/h6-9,11-12,19H,3-5,10H2,1-2H3,(H,23,26)/t19-/m1/s1. The van der Waals surface area contributed by atoms with E-state index in [1.165, 1.54) is 0 Å². The number of nitrogens with one attached hydrogen (secondary N) is 1. The number of hydrogen-bond donors (Lipinski definition) is 1. The normalized spacial score (nSPS) is 18.8. The van der Waals surface area contributed by atoms with Crippen LogP contribution in [-0.2, 0) is 0 Å². The molecular formula is C21H22ClN3O2. The monoisotopic (exact) mass is 383 g/mol. The summed E-state index contributed by atoms with van der Waals surface area (Å²) in [6.45, 7) is 2.69. The van der Waals surface area contributed by atoms with Crippen LogP contribution in [0.1, 0.15) is 45.5 Å². The molecule has 2 heterocycles. The molecule has 1 saturated heterocycles. The van der Waals surface area contributed by atoms with E-state index < -0.39 is 0 Å². The van der Waals surface area contributed by atoms with Crippen LogP contribution in [0.25, 0.3) is 0 Å². The highest BCUT2D eigenvalue weighted by molar-refractivity contribution is 6.31. The minimum Gasteiger partial charge on any atom is -0.354 e. The minimum absolute atomic E-state index is 0.0630. The van der Waals surface area contributed by atoms with Gasteiger partial charge >= 0.3 is 0 Å². The van der Waals surface area contributed by atoms with Crippen LogP contribution in [0.5, 0.6) is 0 Å². The molecule has 27 heavy (non-hydrogen) atoms. The van der Waals surface area contributed by atoms with E-state index in [1.54, 1.807) is 24.3 Å². The lowest BCUT2D eigenvalue weighted by Gasteiger charge is -2.46. The molecule has 0 unspecified atom stereocenters. The number of piperidine rings is 1. The van der Waals surface area contributed by atoms with Crippen molar-refractivity contribution in [2.24, 2.45) is 0 Å². The second-order valence-electron chi connectivity index (χ2n) is 7.24. The van der Waals surface area contributed by atoms with Crippen LogP contribution in [0.4, 0.5) is 11.4 Å². The van der Waals surface area contributed by atoms with Crippen LogP contribution < -0.4 is 10.2 Å². The van der Waals surface area contributed by atoms with Crippen LogP contribution in [-0.4, -0.2) is 36.5 Å². The van der Waals surface area contributed by atoms with Gasteiger partial charge in [-0.25, -0.2) is 0 Å². The highest BCUT2D eigenvalue weighted by Crippen LogP contribution is 2.35. The largest absolute Gasteiger partial charge is 0.354 e. The molecule has 2 aromatic carbocycles. The number of carbonyl (C=O) groups is 2. The number of anilines is 2. The number of carbonyl (C=O) groups excluding carboxylic acids is 2. The van der Waals surface area contributed by atoms with Crippen molar-refractivity contribution in [2.45, 2.75) is 32.4 Å². The number of halogens is 1. The van der Waals surface area contributed by atoms with E-state index in [2.05, 4.69) is 10.2 Å². The second-order valence-corrected chi connectivity index (χ2v) is 7.64. The van der Waals surface area contributed by atoms with Crippen molar-refractivity contribution in [3.05, 3.63) is 58.1 Å². The number of hydrogen-bond acceptors (Lipinski definition) is 3. The molecule has 2 amide bonds. The fourth-order valence-corrected chi connectivity index (χ4v) is 4.06. The van der Waals surface area contributed by atoms with Crippen molar-refractivity contribution in [3.63, 3.8) is 0 Å². The molecule has 6 heteroatoms. The fraction of sp³-hybridized carbons (Fsp3) is 0.333. The molecule has 2 aromatic rings. The first-order valence-electron chi connectivity index (χ1n) is 9.21. The van der Waals surface area contributed by atoms with Gasteiger partial charge < -0.3 is 15.1 Å². The van der Waals surface area contributed by atoms with Crippen LogP contribution >= 0.6 is 11.6 Å². The zero-order valence-electron chi connectivity index (χ0n) is 15.5. The summed E-state index contributed by atoms with van der Waals surface area (Å²) < 4.78 is 0. The first kappa shape index (κ1) is 17.9. The summed E-state index contributed by atoms with van der Waals surface area (Å²) in [4.78, 5) is 29.6. The van der Waals surface area contributed by atoms with E-state index in [4.69, 9.17) is 11.6 Å². The number of amides is 2. The predicted molar refractivity (Wildman–Crippen MR) is 108 cm³/mol. The number of fused-ring (bicyclic) bond motifs is 2. The Labute approximate surface area is 163 Å². The fourth-order valence-electron chi connectivity index (χ4n) is 3.94. The SMILES string of the molecule is Cc1cc(NC(=O)c2ccc3c(c2)N(C)[C@H]2CCCCN2C3=O)ccc1Cl. The lowest BCUT2D eigenvalue weighted by atomic mass is 9.97. The van der Waals surface area contributed by atoms with Gasteiger partial charge in [-0.05, 0) is 68.1 Å². The predicted octanol–water partition coefficient (Wildman–Crippen LogP) is 4.30. The molecule has 5 nitrogen and oxygen atoms in total. The van der Waals surface area contributed by atoms with E-state index in [-0.39, 0.29) is 18.0 Å². The van der Waals surface area contributed by atoms with Gasteiger partial charge in [-0.2, -0.15) is 0 Å². The summed E-state index contributed by atoms with van der Waals surface area (Å²) in [5.41, 5.74) is 3.62. The van der Waals surface area contributed by atoms with Crippen LogP contribution in [0.3, 0.4) is 0 Å². The number of aryl methyl sites for hydroxylation is 1. The van der Waals surface area contributed by atoms with Gasteiger partial charge in [0, 0.05) is 29.9 Å². The van der Waals surface area contributed by atoms with E-state index >= 15 is 0 Å². The van der Waals surface area contributed by atoms with Crippen molar-refractivity contribution in [3.8, 4) is 0 Å². The maximum atomic E-state index is 12.8. The van der Waals surface area contributed by atoms with E-state index in [0.29, 0.717) is 21.8 Å². The molecule has 0 radical (unpaired) electrons. The topological polar surface area (TPSA) is 52.7 Å². The summed E-state index contributed by atoms with van der Waals surface area (Å²) in [6.07, 6.45) is 3.20. The van der Waals surface area contributed by atoms with Gasteiger partial charge in [-0.3, -0.25) is 9.59 Å². The highest BCUT2D eigenvalue weighted by atomic mass is 35.5. The molecule has 1 atom stereocenters. The Balaban J connectivity index is 1.62. The molecule has 1 N–H and O–H groups in total. The zero-order chi connectivity index (χ0) is 19.1. The highest BCUT2D eigenvalue weighted by Gasteiger charge is 2.37. The van der Waals surface area contributed by atoms with Crippen LogP contribution in [0.15, 0.2) is 36.4 Å². The Hall–Kier alpha value is -2.53. The second kappa shape index (κ2) is 6.89. The Morgan fingerprint density at radius 1 is 1.19 bits per heavy atom. The molecule has 0 spiro atoms. The van der Waals surface area contributed by atoms with Crippen molar-refractivity contribution < 1.29 is 9.59 Å². The van der Waals surface area contributed by atoms with Gasteiger partial charge in [0.1, 0.15) is 6.17 Å². The van der Waals surface area contributed by atoms with Gasteiger partial charge in [0.25, 0.3) is 11.8 Å². The average molecular weight is 384 g/mol. The van der Waals surface area contributed by atoms with Crippen LogP contribution in [0.2, 0.25) is 5.02 Å². The van der Waals surface area contributed by atoms with Gasteiger partial charge in [0.05, 0.1) is 11.3 Å². The molecule has 0 saturated carbocycles. The van der Waals surface area contributed by atoms with Gasteiger partial charge in [-0.15, -0.1) is 0 Å². The maximum Gasteiger partial charge on any atom is 0.257 e. The van der Waals surface area contributed by atoms with Crippen molar-refractivity contribution in [2.75, 3.05) is 23.8 Å². The van der Waals surface area contributed by atoms with Gasteiger partial charge in [-0.1, -0.05) is 11.6 Å². The number of rotatable bonds is 2. The number of benzene rings is 2. The van der Waals surface area contributed by atoms with Crippen molar-refractivity contribution >= 4 is 34.8 Å². The third kappa shape index (κ3) is 3.16. The quantitative estimate of drug-likeness (QED) is 0.841. The smallest absolute Gasteiger partial charge is 0.257 e. The summed E-state index contributed by atoms with van der Waals surface area (Å²) in [5.74, 6) is -0.139. The third-order valence-electron chi connectivity index (χ3n) is 5.47. The summed E-state index contributed by atoms with van der Waals surface area (Å²) in [5, 5.41) is 3.57. The van der Waals surface area contributed by atoms with E-state index in [9.17, 15) is 9.59 Å². The summed E-state index contributed by atoms with van der Waals surface area (Å²) in [6, 6.07) is 10.7. The van der Waals surface area contributed by atoms with Gasteiger partial charge in [0.15, 0.2) is 0 Å². The lowest BCUT2D eigenvalue weighted by Crippen LogP contribution is -2.55. The maximum absolute atomic E-state index is 12.8. The molecule has 0 bridgehead atoms. The van der Waals surface area contributed by atoms with E-state index in [1.807, 2.05) is 31.0 Å². The van der Waals surface area contributed by atoms with Crippen molar-refractivity contribution in [1.29, 1.82) is 0 Å². The molecule has 0 aromatic heterocycles. The Morgan fingerprint density at radius 3 is 2.78 bits per heavy atom. The summed E-state index contributed by atoms with van der Waals surface area (Å²) in [7, 11) is 2.00. The molecule has 2 aliphatic rings. The van der Waals surface area contributed by atoms with Crippen LogP contribution in [0, 0.1) is 6.92 Å². The van der Waals surface area contributed by atoms with E-state index in [0.717, 1.165) is 37.1 Å². The average Bonchev–Trinajstić information content (AvgIpc) is 2.68. The molecule has 140 valence electrons. The first-order valence-corrected chi connectivity index (χ1v) is 9.59. The zero-order valence-corrected chi connectivity index (χ0v) is 16.2. The Morgan fingerprint density at radius 2 is 2.00 bits per heavy atom. The Bertz CT molecular complexity index is 928. The third-order valence-corrected chi connectivity index (χ3v) is 5.89. The van der Waals surface area contributed by atoms with Crippen molar-refractivity contribution in [1.82, 2.24) is 4.90 Å². The minimum atomic E-state index is -0.202. The molecule has 2 aliphatic heterocycles. The molecular weight excluding hydrogens is 362 g/mol. The molecule has 1 fully saturated rings. The van der Waals surface area contributed by atoms with Gasteiger partial charge in [0.2, 0.25) is 0 Å².